The Labute approximate surface area is 166 Å². The minimum Gasteiger partial charge on any atom is -0.508 e. The molecule has 1 aliphatic heterocycles. The SMILES string of the molecule is Cl.Cl.N[C@@H](Cc1ccccc1)C(=O)N1CCN(c2ccc(O)cc2)CC1. The van der Waals surface area contributed by atoms with Gasteiger partial charge in [0.25, 0.3) is 0 Å². The van der Waals surface area contributed by atoms with Crippen LogP contribution in [0, 0.1) is 0 Å². The van der Waals surface area contributed by atoms with E-state index >= 15 is 0 Å². The molecule has 3 N–H and O–H groups in total. The van der Waals surface area contributed by atoms with E-state index in [4.69, 9.17) is 5.73 Å². The Kier molecular flexibility index (Phi) is 8.72. The molecule has 26 heavy (non-hydrogen) atoms. The lowest BCUT2D eigenvalue weighted by Crippen LogP contribution is -2.53. The first-order valence-electron chi connectivity index (χ1n) is 8.26. The molecule has 142 valence electrons. The van der Waals surface area contributed by atoms with Crippen molar-refractivity contribution >= 4 is 36.4 Å². The fraction of sp³-hybridized carbons (Fsp3) is 0.316. The lowest BCUT2D eigenvalue weighted by molar-refractivity contribution is -0.132. The summed E-state index contributed by atoms with van der Waals surface area (Å²) in [7, 11) is 0. The number of nitrogens with zero attached hydrogens (tertiary/aromatic N) is 2. The van der Waals surface area contributed by atoms with Crippen molar-refractivity contribution < 1.29 is 9.90 Å². The van der Waals surface area contributed by atoms with E-state index in [1.54, 1.807) is 12.1 Å². The molecular formula is C19H25Cl2N3O2. The van der Waals surface area contributed by atoms with Gasteiger partial charge >= 0.3 is 0 Å². The molecule has 1 heterocycles. The summed E-state index contributed by atoms with van der Waals surface area (Å²) in [6, 6.07) is 16.5. The normalized spacial score (nSPS) is 14.8. The van der Waals surface area contributed by atoms with Gasteiger partial charge in [0.05, 0.1) is 6.04 Å². The number of carbonyl (C=O) groups excluding carboxylic acids is 1. The maximum atomic E-state index is 12.5. The molecule has 1 atom stereocenters. The highest BCUT2D eigenvalue weighted by Crippen LogP contribution is 2.20. The standard InChI is InChI=1S/C19H23N3O2.2ClH/c20-18(14-15-4-2-1-3-5-15)19(24)22-12-10-21(11-13-22)16-6-8-17(23)9-7-16;;/h1-9,18,23H,10-14,20H2;2*1H/t18-;;/m0../s1. The third-order valence-electron chi connectivity index (χ3n) is 4.42. The van der Waals surface area contributed by atoms with Crippen molar-refractivity contribution in [2.45, 2.75) is 12.5 Å². The summed E-state index contributed by atoms with van der Waals surface area (Å²) >= 11 is 0. The molecule has 7 heteroatoms. The van der Waals surface area contributed by atoms with Gasteiger partial charge in [0.1, 0.15) is 5.75 Å². The van der Waals surface area contributed by atoms with Gasteiger partial charge in [-0.3, -0.25) is 4.79 Å². The Morgan fingerprint density at radius 1 is 0.962 bits per heavy atom. The molecule has 1 fully saturated rings. The first-order chi connectivity index (χ1) is 11.6. The topological polar surface area (TPSA) is 69.8 Å². The number of phenolic OH excluding ortho intramolecular Hbond substituents is 1. The third-order valence-corrected chi connectivity index (χ3v) is 4.42. The molecule has 1 aliphatic rings. The molecule has 0 unspecified atom stereocenters. The van der Waals surface area contributed by atoms with Crippen LogP contribution in [0.5, 0.6) is 5.75 Å². The van der Waals surface area contributed by atoms with Crippen molar-refractivity contribution in [2.24, 2.45) is 5.73 Å². The molecule has 0 bridgehead atoms. The van der Waals surface area contributed by atoms with E-state index in [0.717, 1.165) is 24.3 Å². The van der Waals surface area contributed by atoms with Gasteiger partial charge in [-0.25, -0.2) is 0 Å². The van der Waals surface area contributed by atoms with Crippen molar-refractivity contribution in [3.63, 3.8) is 0 Å². The number of nitrogens with two attached hydrogens (primary N) is 1. The van der Waals surface area contributed by atoms with Gasteiger partial charge < -0.3 is 20.6 Å². The van der Waals surface area contributed by atoms with E-state index < -0.39 is 6.04 Å². The smallest absolute Gasteiger partial charge is 0.239 e. The molecule has 2 aromatic carbocycles. The van der Waals surface area contributed by atoms with Gasteiger partial charge in [0.15, 0.2) is 0 Å². The van der Waals surface area contributed by atoms with Gasteiger partial charge in [-0.2, -0.15) is 0 Å². The van der Waals surface area contributed by atoms with E-state index in [-0.39, 0.29) is 36.5 Å². The van der Waals surface area contributed by atoms with Crippen LogP contribution in [-0.4, -0.2) is 48.1 Å². The second-order valence-electron chi connectivity index (χ2n) is 6.12. The van der Waals surface area contributed by atoms with Crippen LogP contribution in [0.2, 0.25) is 0 Å². The van der Waals surface area contributed by atoms with Crippen LogP contribution in [0.1, 0.15) is 5.56 Å². The molecule has 0 aliphatic carbocycles. The Morgan fingerprint density at radius 3 is 2.12 bits per heavy atom. The summed E-state index contributed by atoms with van der Waals surface area (Å²) in [6.45, 7) is 2.88. The van der Waals surface area contributed by atoms with E-state index in [1.165, 1.54) is 0 Å². The quantitative estimate of drug-likeness (QED) is 0.830. The van der Waals surface area contributed by atoms with Gasteiger partial charge in [-0.05, 0) is 36.2 Å². The number of anilines is 1. The number of benzene rings is 2. The summed E-state index contributed by atoms with van der Waals surface area (Å²) in [5.41, 5.74) is 8.26. The molecule has 0 radical (unpaired) electrons. The number of halogens is 2. The number of piperazine rings is 1. The van der Waals surface area contributed by atoms with E-state index in [2.05, 4.69) is 4.90 Å². The van der Waals surface area contributed by atoms with E-state index in [9.17, 15) is 9.90 Å². The molecule has 1 amide bonds. The highest BCUT2D eigenvalue weighted by molar-refractivity contribution is 5.85. The van der Waals surface area contributed by atoms with Crippen molar-refractivity contribution in [3.8, 4) is 5.75 Å². The average molecular weight is 398 g/mol. The zero-order chi connectivity index (χ0) is 16.9. The molecule has 0 aromatic heterocycles. The number of phenols is 1. The highest BCUT2D eigenvalue weighted by atomic mass is 35.5. The number of hydrogen-bond donors (Lipinski definition) is 2. The minimum absolute atomic E-state index is 0. The van der Waals surface area contributed by atoms with Crippen LogP contribution in [0.4, 0.5) is 5.69 Å². The Balaban J connectivity index is 0.00000169. The summed E-state index contributed by atoms with van der Waals surface area (Å²) < 4.78 is 0. The van der Waals surface area contributed by atoms with Crippen molar-refractivity contribution in [3.05, 3.63) is 60.2 Å². The van der Waals surface area contributed by atoms with Gasteiger partial charge in [0.2, 0.25) is 5.91 Å². The largest absolute Gasteiger partial charge is 0.508 e. The third kappa shape index (κ3) is 5.53. The monoisotopic (exact) mass is 397 g/mol. The van der Waals surface area contributed by atoms with Crippen LogP contribution in [-0.2, 0) is 11.2 Å². The van der Waals surface area contributed by atoms with Crippen LogP contribution in [0.3, 0.4) is 0 Å². The molecule has 5 nitrogen and oxygen atoms in total. The predicted molar refractivity (Wildman–Crippen MR) is 110 cm³/mol. The number of rotatable bonds is 4. The number of hydrogen-bond acceptors (Lipinski definition) is 4. The van der Waals surface area contributed by atoms with E-state index in [0.29, 0.717) is 19.5 Å². The fourth-order valence-corrected chi connectivity index (χ4v) is 3.04. The van der Waals surface area contributed by atoms with Crippen molar-refractivity contribution in [2.75, 3.05) is 31.1 Å². The minimum atomic E-state index is -0.493. The number of amides is 1. The maximum absolute atomic E-state index is 12.5. The lowest BCUT2D eigenvalue weighted by Gasteiger charge is -2.37. The van der Waals surface area contributed by atoms with Crippen LogP contribution >= 0.6 is 24.8 Å². The highest BCUT2D eigenvalue weighted by Gasteiger charge is 2.25. The Morgan fingerprint density at radius 2 is 1.54 bits per heavy atom. The van der Waals surface area contributed by atoms with Crippen molar-refractivity contribution in [1.82, 2.24) is 4.90 Å². The van der Waals surface area contributed by atoms with Gasteiger partial charge in [-0.15, -0.1) is 24.8 Å². The summed E-state index contributed by atoms with van der Waals surface area (Å²) in [5, 5.41) is 9.37. The first-order valence-corrected chi connectivity index (χ1v) is 8.26. The Bertz CT molecular complexity index is 675. The molecule has 0 saturated carbocycles. The van der Waals surface area contributed by atoms with Crippen LogP contribution < -0.4 is 10.6 Å². The van der Waals surface area contributed by atoms with Crippen LogP contribution in [0.25, 0.3) is 0 Å². The summed E-state index contributed by atoms with van der Waals surface area (Å²) in [4.78, 5) is 16.6. The van der Waals surface area contributed by atoms with Crippen LogP contribution in [0.15, 0.2) is 54.6 Å². The molecule has 0 spiro atoms. The fourth-order valence-electron chi connectivity index (χ4n) is 3.04. The second kappa shape index (κ2) is 10.3. The Hall–Kier alpha value is -1.95. The second-order valence-corrected chi connectivity index (χ2v) is 6.12. The number of carbonyl (C=O) groups is 1. The predicted octanol–water partition coefficient (Wildman–Crippen LogP) is 2.45. The van der Waals surface area contributed by atoms with Gasteiger partial charge in [-0.1, -0.05) is 30.3 Å². The molecule has 3 rings (SSSR count). The lowest BCUT2D eigenvalue weighted by atomic mass is 10.1. The zero-order valence-electron chi connectivity index (χ0n) is 14.5. The van der Waals surface area contributed by atoms with Gasteiger partial charge in [0, 0.05) is 31.9 Å². The van der Waals surface area contributed by atoms with E-state index in [1.807, 2.05) is 47.4 Å². The zero-order valence-corrected chi connectivity index (χ0v) is 16.1. The molecular weight excluding hydrogens is 373 g/mol. The summed E-state index contributed by atoms with van der Waals surface area (Å²) in [5.74, 6) is 0.281. The average Bonchev–Trinajstić information content (AvgIpc) is 2.63. The number of aromatic hydroxyl groups is 1. The molecule has 2 aromatic rings. The van der Waals surface area contributed by atoms with Crippen molar-refractivity contribution in [1.29, 1.82) is 0 Å². The molecule has 1 saturated heterocycles. The maximum Gasteiger partial charge on any atom is 0.239 e. The first kappa shape index (κ1) is 22.1. The summed E-state index contributed by atoms with van der Waals surface area (Å²) in [6.07, 6.45) is 0.567.